The number of para-hydroxylation sites is 1. The monoisotopic (exact) mass is 246 g/mol. The van der Waals surface area contributed by atoms with E-state index in [0.29, 0.717) is 22.0 Å². The zero-order chi connectivity index (χ0) is 12.3. The standard InChI is InChI=1S/C13H8ClFN2/c14-10-6-5-9(8-16)13(7-10)17-12-4-2-1-3-11(12)15/h1-7,17H. The summed E-state index contributed by atoms with van der Waals surface area (Å²) in [7, 11) is 0. The molecule has 0 saturated carbocycles. The first-order chi connectivity index (χ1) is 8.20. The third-order valence-electron chi connectivity index (χ3n) is 2.25. The van der Waals surface area contributed by atoms with E-state index in [9.17, 15) is 4.39 Å². The average molecular weight is 247 g/mol. The van der Waals surface area contributed by atoms with Crippen molar-refractivity contribution in [3.8, 4) is 6.07 Å². The van der Waals surface area contributed by atoms with E-state index < -0.39 is 0 Å². The van der Waals surface area contributed by atoms with E-state index in [1.54, 1.807) is 36.4 Å². The number of halogens is 2. The van der Waals surface area contributed by atoms with E-state index in [1.165, 1.54) is 6.07 Å². The molecule has 2 rings (SSSR count). The van der Waals surface area contributed by atoms with Crippen LogP contribution in [0.25, 0.3) is 0 Å². The summed E-state index contributed by atoms with van der Waals surface area (Å²) in [5, 5.41) is 12.3. The van der Waals surface area contributed by atoms with E-state index in [-0.39, 0.29) is 5.82 Å². The van der Waals surface area contributed by atoms with Crippen LogP contribution in [0.5, 0.6) is 0 Å². The van der Waals surface area contributed by atoms with Gasteiger partial charge in [0.05, 0.1) is 16.9 Å². The Morgan fingerprint density at radius 1 is 1.12 bits per heavy atom. The molecule has 0 spiro atoms. The highest BCUT2D eigenvalue weighted by atomic mass is 35.5. The molecule has 4 heteroatoms. The van der Waals surface area contributed by atoms with Gasteiger partial charge in [-0.2, -0.15) is 5.26 Å². The van der Waals surface area contributed by atoms with Gasteiger partial charge in [0.2, 0.25) is 0 Å². The molecular weight excluding hydrogens is 239 g/mol. The summed E-state index contributed by atoms with van der Waals surface area (Å²) < 4.78 is 13.4. The average Bonchev–Trinajstić information content (AvgIpc) is 2.32. The molecule has 1 N–H and O–H groups in total. The predicted octanol–water partition coefficient (Wildman–Crippen LogP) is 4.09. The number of benzene rings is 2. The van der Waals surface area contributed by atoms with Crippen LogP contribution in [0.15, 0.2) is 42.5 Å². The van der Waals surface area contributed by atoms with Gasteiger partial charge in [-0.25, -0.2) is 4.39 Å². The molecule has 2 aromatic carbocycles. The van der Waals surface area contributed by atoms with Crippen LogP contribution in [0.3, 0.4) is 0 Å². The van der Waals surface area contributed by atoms with Crippen LogP contribution in [0.2, 0.25) is 5.02 Å². The Kier molecular flexibility index (Phi) is 3.27. The van der Waals surface area contributed by atoms with Crippen LogP contribution in [0, 0.1) is 17.1 Å². The number of rotatable bonds is 2. The van der Waals surface area contributed by atoms with Crippen molar-refractivity contribution in [3.05, 3.63) is 58.9 Å². The summed E-state index contributed by atoms with van der Waals surface area (Å²) in [6.45, 7) is 0. The SMILES string of the molecule is N#Cc1ccc(Cl)cc1Nc1ccccc1F. The van der Waals surface area contributed by atoms with Gasteiger partial charge >= 0.3 is 0 Å². The Morgan fingerprint density at radius 3 is 2.59 bits per heavy atom. The normalized spacial score (nSPS) is 9.71. The lowest BCUT2D eigenvalue weighted by molar-refractivity contribution is 0.632. The molecule has 84 valence electrons. The first-order valence-electron chi connectivity index (χ1n) is 4.92. The van der Waals surface area contributed by atoms with Gasteiger partial charge in [-0.1, -0.05) is 23.7 Å². The number of hydrogen-bond acceptors (Lipinski definition) is 2. The van der Waals surface area contributed by atoms with Gasteiger partial charge < -0.3 is 5.32 Å². The molecule has 0 atom stereocenters. The molecule has 0 aromatic heterocycles. The minimum absolute atomic E-state index is 0.311. The lowest BCUT2D eigenvalue weighted by Gasteiger charge is -2.09. The molecular formula is C13H8ClFN2. The number of anilines is 2. The molecule has 0 fully saturated rings. The second kappa shape index (κ2) is 4.86. The Bertz CT molecular complexity index is 590. The maximum Gasteiger partial charge on any atom is 0.146 e. The molecule has 0 unspecified atom stereocenters. The zero-order valence-electron chi connectivity index (χ0n) is 8.74. The molecule has 0 bridgehead atoms. The quantitative estimate of drug-likeness (QED) is 0.866. The Hall–Kier alpha value is -2.05. The van der Waals surface area contributed by atoms with Crippen molar-refractivity contribution in [2.45, 2.75) is 0 Å². The second-order valence-electron chi connectivity index (χ2n) is 3.41. The molecule has 0 aliphatic heterocycles. The highest BCUT2D eigenvalue weighted by Gasteiger charge is 2.06. The van der Waals surface area contributed by atoms with Crippen LogP contribution >= 0.6 is 11.6 Å². The van der Waals surface area contributed by atoms with Crippen LogP contribution in [-0.2, 0) is 0 Å². The van der Waals surface area contributed by atoms with Crippen molar-refractivity contribution in [2.75, 3.05) is 5.32 Å². The van der Waals surface area contributed by atoms with Crippen molar-refractivity contribution in [1.82, 2.24) is 0 Å². The highest BCUT2D eigenvalue weighted by molar-refractivity contribution is 6.30. The van der Waals surface area contributed by atoms with Gasteiger partial charge in [-0.05, 0) is 30.3 Å². The maximum atomic E-state index is 13.4. The molecule has 2 nitrogen and oxygen atoms in total. The van der Waals surface area contributed by atoms with Crippen LogP contribution in [-0.4, -0.2) is 0 Å². The van der Waals surface area contributed by atoms with Crippen LogP contribution < -0.4 is 5.32 Å². The Labute approximate surface area is 103 Å². The fourth-order valence-electron chi connectivity index (χ4n) is 1.43. The molecule has 0 aliphatic rings. The maximum absolute atomic E-state index is 13.4. The molecule has 0 amide bonds. The van der Waals surface area contributed by atoms with Crippen LogP contribution in [0.1, 0.15) is 5.56 Å². The van der Waals surface area contributed by atoms with Gasteiger partial charge in [0.15, 0.2) is 0 Å². The van der Waals surface area contributed by atoms with Gasteiger partial charge in [0.25, 0.3) is 0 Å². The topological polar surface area (TPSA) is 35.8 Å². The van der Waals surface area contributed by atoms with Crippen molar-refractivity contribution in [3.63, 3.8) is 0 Å². The first kappa shape index (κ1) is 11.4. The lowest BCUT2D eigenvalue weighted by atomic mass is 10.2. The third-order valence-corrected chi connectivity index (χ3v) is 2.48. The van der Waals surface area contributed by atoms with Gasteiger partial charge in [-0.3, -0.25) is 0 Å². The van der Waals surface area contributed by atoms with E-state index in [2.05, 4.69) is 5.32 Å². The molecule has 0 aliphatic carbocycles. The summed E-state index contributed by atoms with van der Waals surface area (Å²) in [4.78, 5) is 0. The number of hydrogen-bond donors (Lipinski definition) is 1. The molecule has 17 heavy (non-hydrogen) atoms. The van der Waals surface area contributed by atoms with Crippen molar-refractivity contribution >= 4 is 23.0 Å². The second-order valence-corrected chi connectivity index (χ2v) is 3.84. The number of nitrogens with zero attached hydrogens (tertiary/aromatic N) is 1. The van der Waals surface area contributed by atoms with Gasteiger partial charge in [0, 0.05) is 5.02 Å². The summed E-state index contributed by atoms with van der Waals surface area (Å²) >= 11 is 5.84. The van der Waals surface area contributed by atoms with Crippen molar-refractivity contribution in [1.29, 1.82) is 5.26 Å². The Balaban J connectivity index is 2.40. The first-order valence-corrected chi connectivity index (χ1v) is 5.29. The Morgan fingerprint density at radius 2 is 1.88 bits per heavy atom. The highest BCUT2D eigenvalue weighted by Crippen LogP contribution is 2.25. The minimum atomic E-state index is -0.378. The predicted molar refractivity (Wildman–Crippen MR) is 65.8 cm³/mol. The molecule has 0 heterocycles. The molecule has 0 saturated heterocycles. The third kappa shape index (κ3) is 2.55. The summed E-state index contributed by atoms with van der Waals surface area (Å²) in [6, 6.07) is 13.1. The minimum Gasteiger partial charge on any atom is -0.352 e. The summed E-state index contributed by atoms with van der Waals surface area (Å²) in [6.07, 6.45) is 0. The van der Waals surface area contributed by atoms with Gasteiger partial charge in [0.1, 0.15) is 11.9 Å². The summed E-state index contributed by atoms with van der Waals surface area (Å²) in [5.74, 6) is -0.378. The van der Waals surface area contributed by atoms with Crippen LogP contribution in [0.4, 0.5) is 15.8 Å². The fraction of sp³-hybridized carbons (Fsp3) is 0. The largest absolute Gasteiger partial charge is 0.352 e. The van der Waals surface area contributed by atoms with E-state index >= 15 is 0 Å². The number of nitriles is 1. The van der Waals surface area contributed by atoms with E-state index in [4.69, 9.17) is 16.9 Å². The summed E-state index contributed by atoms with van der Waals surface area (Å²) in [5.41, 5.74) is 1.22. The smallest absolute Gasteiger partial charge is 0.146 e. The van der Waals surface area contributed by atoms with Gasteiger partial charge in [-0.15, -0.1) is 0 Å². The van der Waals surface area contributed by atoms with E-state index in [0.717, 1.165) is 0 Å². The molecule has 0 radical (unpaired) electrons. The molecule has 2 aromatic rings. The lowest BCUT2D eigenvalue weighted by Crippen LogP contribution is -1.95. The van der Waals surface area contributed by atoms with E-state index in [1.807, 2.05) is 6.07 Å². The zero-order valence-corrected chi connectivity index (χ0v) is 9.50. The fourth-order valence-corrected chi connectivity index (χ4v) is 1.60. The number of nitrogens with one attached hydrogen (secondary N) is 1. The van der Waals surface area contributed by atoms with Crippen molar-refractivity contribution in [2.24, 2.45) is 0 Å². The van der Waals surface area contributed by atoms with Crippen molar-refractivity contribution < 1.29 is 4.39 Å².